The Labute approximate surface area is 73.0 Å². The van der Waals surface area contributed by atoms with Gasteiger partial charge in [0.25, 0.3) is 0 Å². The molecule has 70 valence electrons. The van der Waals surface area contributed by atoms with Crippen LogP contribution in [-0.2, 0) is 9.47 Å². The second-order valence-electron chi connectivity index (χ2n) is 2.86. The maximum absolute atomic E-state index is 8.73. The maximum Gasteiger partial charge on any atom is 0.177 e. The Kier molecular flexibility index (Phi) is 4.29. The molecule has 1 aliphatic heterocycles. The minimum Gasteiger partial charge on any atom is -0.394 e. The van der Waals surface area contributed by atoms with Gasteiger partial charge in [-0.2, -0.15) is 0 Å². The third-order valence-corrected chi connectivity index (χ3v) is 1.73. The van der Waals surface area contributed by atoms with Crippen LogP contribution in [0.25, 0.3) is 0 Å². The van der Waals surface area contributed by atoms with Gasteiger partial charge in [-0.05, 0) is 12.5 Å². The van der Waals surface area contributed by atoms with E-state index in [1.807, 2.05) is 12.2 Å². The molecule has 1 saturated heterocycles. The largest absolute Gasteiger partial charge is 0.394 e. The first kappa shape index (κ1) is 9.71. The van der Waals surface area contributed by atoms with Crippen LogP contribution in [0.3, 0.4) is 0 Å². The zero-order valence-corrected chi connectivity index (χ0v) is 7.40. The summed E-state index contributed by atoms with van der Waals surface area (Å²) < 4.78 is 10.5. The van der Waals surface area contributed by atoms with Crippen molar-refractivity contribution in [3.8, 4) is 0 Å². The van der Waals surface area contributed by atoms with Crippen molar-refractivity contribution in [3.63, 3.8) is 0 Å². The molecule has 0 amide bonds. The number of aliphatic hydroxyl groups excluding tert-OH is 1. The van der Waals surface area contributed by atoms with Crippen LogP contribution in [-0.4, -0.2) is 30.7 Å². The molecule has 1 N–H and O–H groups in total. The van der Waals surface area contributed by atoms with Crippen molar-refractivity contribution in [2.75, 3.05) is 13.2 Å². The van der Waals surface area contributed by atoms with Gasteiger partial charge in [-0.3, -0.25) is 0 Å². The number of rotatable bonds is 4. The normalized spacial score (nSPS) is 30.2. The third-order valence-electron chi connectivity index (χ3n) is 1.73. The van der Waals surface area contributed by atoms with Crippen LogP contribution in [0.15, 0.2) is 12.2 Å². The van der Waals surface area contributed by atoms with Gasteiger partial charge in [0.2, 0.25) is 0 Å². The molecule has 1 heterocycles. The average Bonchev–Trinajstić information content (AvgIpc) is 2.53. The van der Waals surface area contributed by atoms with Gasteiger partial charge in [-0.1, -0.05) is 19.4 Å². The Morgan fingerprint density at radius 1 is 1.58 bits per heavy atom. The lowest BCUT2D eigenvalue weighted by atomic mass is 10.3. The summed E-state index contributed by atoms with van der Waals surface area (Å²) in [6.45, 7) is 2.66. The Balaban J connectivity index is 2.18. The van der Waals surface area contributed by atoms with Crippen molar-refractivity contribution in [1.29, 1.82) is 0 Å². The fourth-order valence-corrected chi connectivity index (χ4v) is 1.04. The number of unbranched alkanes of at least 4 members (excludes halogenated alkanes) is 1. The van der Waals surface area contributed by atoms with Gasteiger partial charge in [0, 0.05) is 0 Å². The van der Waals surface area contributed by atoms with E-state index >= 15 is 0 Å². The highest BCUT2D eigenvalue weighted by molar-refractivity contribution is 4.87. The Bertz CT molecular complexity index is 145. The van der Waals surface area contributed by atoms with Crippen LogP contribution >= 0.6 is 0 Å². The molecular weight excluding hydrogens is 156 g/mol. The van der Waals surface area contributed by atoms with Gasteiger partial charge in [-0.15, -0.1) is 0 Å². The molecule has 0 aliphatic carbocycles. The third kappa shape index (κ3) is 2.93. The van der Waals surface area contributed by atoms with Gasteiger partial charge >= 0.3 is 0 Å². The minimum atomic E-state index is -0.242. The molecule has 1 fully saturated rings. The summed E-state index contributed by atoms with van der Waals surface area (Å²) in [5, 5.41) is 8.73. The highest BCUT2D eigenvalue weighted by atomic mass is 16.7. The second kappa shape index (κ2) is 5.30. The van der Waals surface area contributed by atoms with Crippen LogP contribution in [0, 0.1) is 0 Å². The van der Waals surface area contributed by atoms with E-state index in [0.29, 0.717) is 6.61 Å². The number of ether oxygens (including phenoxy) is 2. The number of aliphatic hydroxyl groups is 1. The summed E-state index contributed by atoms with van der Waals surface area (Å²) in [5.74, 6) is 0. The van der Waals surface area contributed by atoms with Crippen LogP contribution in [0.2, 0.25) is 0 Å². The van der Waals surface area contributed by atoms with Crippen molar-refractivity contribution in [2.24, 2.45) is 0 Å². The zero-order valence-electron chi connectivity index (χ0n) is 7.40. The lowest BCUT2D eigenvalue weighted by molar-refractivity contribution is -0.0300. The molecule has 1 aliphatic rings. The molecule has 0 aromatic carbocycles. The van der Waals surface area contributed by atoms with E-state index in [4.69, 9.17) is 14.6 Å². The van der Waals surface area contributed by atoms with E-state index in [9.17, 15) is 0 Å². The quantitative estimate of drug-likeness (QED) is 0.645. The summed E-state index contributed by atoms with van der Waals surface area (Å²) in [6.07, 6.45) is 5.75. The van der Waals surface area contributed by atoms with Gasteiger partial charge in [0.1, 0.15) is 6.10 Å². The monoisotopic (exact) mass is 172 g/mol. The predicted molar refractivity (Wildman–Crippen MR) is 45.7 cm³/mol. The average molecular weight is 172 g/mol. The zero-order chi connectivity index (χ0) is 8.81. The van der Waals surface area contributed by atoms with Crippen molar-refractivity contribution in [2.45, 2.75) is 32.2 Å². The topological polar surface area (TPSA) is 38.7 Å². The molecule has 0 saturated carbocycles. The number of allylic oxidation sites excluding steroid dienone is 1. The summed E-state index contributed by atoms with van der Waals surface area (Å²) in [7, 11) is 0. The molecule has 1 rings (SSSR count). The van der Waals surface area contributed by atoms with E-state index < -0.39 is 0 Å². The lowest BCUT2D eigenvalue weighted by Gasteiger charge is -2.04. The molecule has 2 atom stereocenters. The highest BCUT2D eigenvalue weighted by Crippen LogP contribution is 2.12. The predicted octanol–water partition coefficient (Wildman–Crippen LogP) is 1.08. The van der Waals surface area contributed by atoms with Crippen molar-refractivity contribution in [3.05, 3.63) is 12.2 Å². The SMILES string of the molecule is CCCC=CC1OCC(CO)O1. The molecule has 3 nitrogen and oxygen atoms in total. The van der Waals surface area contributed by atoms with E-state index in [0.717, 1.165) is 12.8 Å². The van der Waals surface area contributed by atoms with Crippen LogP contribution in [0.1, 0.15) is 19.8 Å². The Morgan fingerprint density at radius 2 is 2.42 bits per heavy atom. The molecule has 0 aromatic rings. The van der Waals surface area contributed by atoms with Gasteiger partial charge in [-0.25, -0.2) is 0 Å². The highest BCUT2D eigenvalue weighted by Gasteiger charge is 2.22. The van der Waals surface area contributed by atoms with Crippen molar-refractivity contribution < 1.29 is 14.6 Å². The van der Waals surface area contributed by atoms with Crippen molar-refractivity contribution >= 4 is 0 Å². The first-order valence-corrected chi connectivity index (χ1v) is 4.41. The summed E-state index contributed by atoms with van der Waals surface area (Å²) >= 11 is 0. The minimum absolute atomic E-state index is 0.0398. The molecule has 0 aromatic heterocycles. The van der Waals surface area contributed by atoms with Gasteiger partial charge in [0.05, 0.1) is 13.2 Å². The van der Waals surface area contributed by atoms with E-state index in [-0.39, 0.29) is 19.0 Å². The molecular formula is C9H16O3. The molecule has 2 unspecified atom stereocenters. The van der Waals surface area contributed by atoms with Crippen LogP contribution in [0.5, 0.6) is 0 Å². The molecule has 0 radical (unpaired) electrons. The Morgan fingerprint density at radius 3 is 3.00 bits per heavy atom. The van der Waals surface area contributed by atoms with Crippen LogP contribution < -0.4 is 0 Å². The molecule has 0 bridgehead atoms. The van der Waals surface area contributed by atoms with Gasteiger partial charge in [0.15, 0.2) is 6.29 Å². The summed E-state index contributed by atoms with van der Waals surface area (Å²) in [6, 6.07) is 0. The first-order chi connectivity index (χ1) is 5.86. The Hall–Kier alpha value is -0.380. The van der Waals surface area contributed by atoms with E-state index in [2.05, 4.69) is 6.92 Å². The number of hydrogen-bond donors (Lipinski definition) is 1. The van der Waals surface area contributed by atoms with Crippen molar-refractivity contribution in [1.82, 2.24) is 0 Å². The van der Waals surface area contributed by atoms with E-state index in [1.165, 1.54) is 0 Å². The lowest BCUT2D eigenvalue weighted by Crippen LogP contribution is -2.15. The van der Waals surface area contributed by atoms with E-state index in [1.54, 1.807) is 0 Å². The molecule has 0 spiro atoms. The maximum atomic E-state index is 8.73. The van der Waals surface area contributed by atoms with Crippen LogP contribution in [0.4, 0.5) is 0 Å². The van der Waals surface area contributed by atoms with Gasteiger partial charge < -0.3 is 14.6 Å². The summed E-state index contributed by atoms with van der Waals surface area (Å²) in [4.78, 5) is 0. The summed E-state index contributed by atoms with van der Waals surface area (Å²) in [5.41, 5.74) is 0. The first-order valence-electron chi connectivity index (χ1n) is 4.41. The molecule has 3 heteroatoms. The number of hydrogen-bond acceptors (Lipinski definition) is 3. The standard InChI is InChI=1S/C9H16O3/c1-2-3-4-5-9-11-7-8(6-10)12-9/h4-5,8-10H,2-3,6-7H2,1H3. The fourth-order valence-electron chi connectivity index (χ4n) is 1.04. The molecule has 12 heavy (non-hydrogen) atoms. The smallest absolute Gasteiger partial charge is 0.177 e. The fraction of sp³-hybridized carbons (Fsp3) is 0.778. The second-order valence-corrected chi connectivity index (χ2v) is 2.86.